The molecule has 26 heavy (non-hydrogen) atoms. The number of nitrogens with zero attached hydrogens (tertiary/aromatic N) is 2. The molecule has 0 atom stereocenters. The standard InChI is InChI=1S/C19H31N2O3Si.BrH/c1-22-25(23-2,24-3)19-11-9-17(10-12-19)15-20-13-14-21(16-20)18-7-5-4-6-8-18;/h9-12,16,18H,4-8,13-15H2,1-3H3;1H/q+1;/p-1. The van der Waals surface area contributed by atoms with Gasteiger partial charge in [0.1, 0.15) is 19.6 Å². The van der Waals surface area contributed by atoms with E-state index in [1.807, 2.05) is 0 Å². The molecule has 5 nitrogen and oxygen atoms in total. The molecule has 0 N–H and O–H groups in total. The quantitative estimate of drug-likeness (QED) is 0.399. The Balaban J connectivity index is 0.00000243. The molecule has 0 radical (unpaired) electrons. The van der Waals surface area contributed by atoms with Gasteiger partial charge in [0.25, 0.3) is 0 Å². The summed E-state index contributed by atoms with van der Waals surface area (Å²) in [6, 6.07) is 9.23. The molecule has 1 aliphatic heterocycles. The maximum atomic E-state index is 5.55. The van der Waals surface area contributed by atoms with Gasteiger partial charge < -0.3 is 30.3 Å². The van der Waals surface area contributed by atoms with Crippen molar-refractivity contribution >= 4 is 20.3 Å². The Morgan fingerprint density at radius 2 is 1.62 bits per heavy atom. The predicted octanol–water partition coefficient (Wildman–Crippen LogP) is -1.04. The molecule has 2 aliphatic rings. The first kappa shape index (κ1) is 21.6. The maximum absolute atomic E-state index is 5.55. The SMILES string of the molecule is CO[Si](OC)(OC)c1ccc(C[N+]2=CN(C3CCCCC3)CC2)cc1.[Br-]. The van der Waals surface area contributed by atoms with E-state index in [9.17, 15) is 0 Å². The highest BCUT2D eigenvalue weighted by atomic mass is 79.9. The summed E-state index contributed by atoms with van der Waals surface area (Å²) in [5.74, 6) is 0. The van der Waals surface area contributed by atoms with E-state index < -0.39 is 8.80 Å². The van der Waals surface area contributed by atoms with Crippen LogP contribution in [0, 0.1) is 0 Å². The van der Waals surface area contributed by atoms with Crippen molar-refractivity contribution in [3.05, 3.63) is 29.8 Å². The summed E-state index contributed by atoms with van der Waals surface area (Å²) in [7, 11) is 2.21. The van der Waals surface area contributed by atoms with Crippen molar-refractivity contribution < 1.29 is 34.8 Å². The minimum atomic E-state index is -2.72. The van der Waals surface area contributed by atoms with E-state index in [-0.39, 0.29) is 17.0 Å². The summed E-state index contributed by atoms with van der Waals surface area (Å²) >= 11 is 0. The van der Waals surface area contributed by atoms with Crippen LogP contribution in [0.15, 0.2) is 24.3 Å². The summed E-state index contributed by atoms with van der Waals surface area (Å²) in [5.41, 5.74) is 1.30. The average Bonchev–Trinajstić information content (AvgIpc) is 3.14. The van der Waals surface area contributed by atoms with E-state index in [0.717, 1.165) is 30.9 Å². The van der Waals surface area contributed by atoms with Crippen LogP contribution >= 0.6 is 0 Å². The molecule has 1 aromatic carbocycles. The first-order valence-electron chi connectivity index (χ1n) is 9.30. The van der Waals surface area contributed by atoms with Crippen LogP contribution in [0.4, 0.5) is 0 Å². The largest absolute Gasteiger partial charge is 1.00 e. The Morgan fingerprint density at radius 3 is 2.19 bits per heavy atom. The molecule has 0 amide bonds. The van der Waals surface area contributed by atoms with Crippen LogP contribution in [0.5, 0.6) is 0 Å². The molecule has 1 heterocycles. The third kappa shape index (κ3) is 4.75. The minimum absolute atomic E-state index is 0. The van der Waals surface area contributed by atoms with Gasteiger partial charge in [-0.2, -0.15) is 0 Å². The maximum Gasteiger partial charge on any atom is 0.536 e. The Hall–Kier alpha value is -0.733. The lowest BCUT2D eigenvalue weighted by molar-refractivity contribution is -0.530. The van der Waals surface area contributed by atoms with Crippen LogP contribution < -0.4 is 22.2 Å². The number of hydrogen-bond donors (Lipinski definition) is 0. The molecular weight excluding hydrogens is 412 g/mol. The molecule has 0 bridgehead atoms. The third-order valence-electron chi connectivity index (χ3n) is 5.50. The van der Waals surface area contributed by atoms with Crippen molar-refractivity contribution in [2.24, 2.45) is 0 Å². The Bertz CT molecular complexity index is 579. The van der Waals surface area contributed by atoms with Gasteiger partial charge in [-0.25, -0.2) is 0 Å². The lowest BCUT2D eigenvalue weighted by Gasteiger charge is -2.24. The monoisotopic (exact) mass is 442 g/mol. The van der Waals surface area contributed by atoms with Gasteiger partial charge in [0.2, 0.25) is 6.34 Å². The molecule has 3 rings (SSSR count). The third-order valence-corrected chi connectivity index (χ3v) is 8.15. The minimum Gasteiger partial charge on any atom is -1.00 e. The van der Waals surface area contributed by atoms with Crippen LogP contribution in [0.3, 0.4) is 0 Å². The molecule has 0 saturated heterocycles. The van der Waals surface area contributed by atoms with Gasteiger partial charge in [-0.15, -0.1) is 0 Å². The fourth-order valence-electron chi connectivity index (χ4n) is 4.03. The van der Waals surface area contributed by atoms with E-state index in [2.05, 4.69) is 40.1 Å². The fourth-order valence-corrected chi connectivity index (χ4v) is 5.81. The molecule has 1 saturated carbocycles. The van der Waals surface area contributed by atoms with Gasteiger partial charge >= 0.3 is 8.80 Å². The van der Waals surface area contributed by atoms with Gasteiger partial charge in [0.05, 0.1) is 6.04 Å². The van der Waals surface area contributed by atoms with Gasteiger partial charge in [-0.05, 0) is 31.2 Å². The Labute approximate surface area is 169 Å². The number of rotatable bonds is 7. The molecule has 1 aromatic rings. The van der Waals surface area contributed by atoms with Crippen molar-refractivity contribution in [1.82, 2.24) is 4.90 Å². The van der Waals surface area contributed by atoms with Crippen LogP contribution in [-0.2, 0) is 19.8 Å². The fraction of sp³-hybridized carbons (Fsp3) is 0.632. The summed E-state index contributed by atoms with van der Waals surface area (Å²) in [6.07, 6.45) is 9.26. The topological polar surface area (TPSA) is 33.9 Å². The van der Waals surface area contributed by atoms with Crippen LogP contribution in [0.25, 0.3) is 0 Å². The van der Waals surface area contributed by atoms with Gasteiger partial charge in [0, 0.05) is 26.5 Å². The summed E-state index contributed by atoms with van der Waals surface area (Å²) < 4.78 is 19.1. The lowest BCUT2D eigenvalue weighted by Crippen LogP contribution is -3.00. The van der Waals surface area contributed by atoms with Gasteiger partial charge in [-0.1, -0.05) is 30.7 Å². The first-order valence-corrected chi connectivity index (χ1v) is 11.0. The summed E-state index contributed by atoms with van der Waals surface area (Å²) in [4.78, 5) is 2.56. The molecule has 1 aliphatic carbocycles. The van der Waals surface area contributed by atoms with E-state index in [4.69, 9.17) is 13.3 Å². The van der Waals surface area contributed by atoms with Crippen LogP contribution in [-0.4, -0.2) is 65.1 Å². The number of halogens is 1. The highest BCUT2D eigenvalue weighted by Gasteiger charge is 2.40. The van der Waals surface area contributed by atoms with Crippen molar-refractivity contribution in [2.45, 2.75) is 44.7 Å². The number of hydrogen-bond acceptors (Lipinski definition) is 4. The highest BCUT2D eigenvalue weighted by Crippen LogP contribution is 2.22. The normalized spacial score (nSPS) is 18.6. The van der Waals surface area contributed by atoms with Gasteiger partial charge in [0.15, 0.2) is 0 Å². The molecule has 1 fully saturated rings. The second-order valence-electron chi connectivity index (χ2n) is 6.98. The Morgan fingerprint density at radius 1 is 1.00 bits per heavy atom. The summed E-state index contributed by atoms with van der Waals surface area (Å²) in [6.45, 7) is 3.23. The van der Waals surface area contributed by atoms with E-state index in [1.54, 1.807) is 21.3 Å². The van der Waals surface area contributed by atoms with Crippen molar-refractivity contribution in [1.29, 1.82) is 0 Å². The van der Waals surface area contributed by atoms with Crippen molar-refractivity contribution in [3.63, 3.8) is 0 Å². The van der Waals surface area contributed by atoms with Gasteiger partial charge in [-0.3, -0.25) is 9.48 Å². The molecule has 0 unspecified atom stereocenters. The second-order valence-corrected chi connectivity index (χ2v) is 9.90. The van der Waals surface area contributed by atoms with Crippen LogP contribution in [0.2, 0.25) is 0 Å². The smallest absolute Gasteiger partial charge is 0.536 e. The lowest BCUT2D eigenvalue weighted by atomic mass is 9.95. The van der Waals surface area contributed by atoms with E-state index in [0.29, 0.717) is 0 Å². The molecule has 7 heteroatoms. The Kier molecular flexibility index (Phi) is 8.28. The highest BCUT2D eigenvalue weighted by molar-refractivity contribution is 6.75. The molecular formula is C19H31BrN2O3Si. The molecule has 0 spiro atoms. The zero-order valence-corrected chi connectivity index (χ0v) is 18.7. The molecule has 146 valence electrons. The summed E-state index contributed by atoms with van der Waals surface area (Å²) in [5, 5.41) is 0.998. The van der Waals surface area contributed by atoms with E-state index >= 15 is 0 Å². The second kappa shape index (κ2) is 9.99. The predicted molar refractivity (Wildman–Crippen MR) is 101 cm³/mol. The number of benzene rings is 1. The molecule has 0 aromatic heterocycles. The van der Waals surface area contributed by atoms with E-state index in [1.165, 1.54) is 37.7 Å². The zero-order chi connectivity index (χ0) is 17.7. The van der Waals surface area contributed by atoms with Crippen LogP contribution in [0.1, 0.15) is 37.7 Å². The first-order chi connectivity index (χ1) is 12.2. The average molecular weight is 443 g/mol. The van der Waals surface area contributed by atoms with Crippen molar-refractivity contribution in [2.75, 3.05) is 34.4 Å². The van der Waals surface area contributed by atoms with Crippen molar-refractivity contribution in [3.8, 4) is 0 Å². The zero-order valence-electron chi connectivity index (χ0n) is 16.1.